The molecule has 0 unspecified atom stereocenters. The van der Waals surface area contributed by atoms with Gasteiger partial charge in [0, 0.05) is 41.8 Å². The number of nitrogens with zero attached hydrogens (tertiary/aromatic N) is 3. The highest BCUT2D eigenvalue weighted by Gasteiger charge is 2.26. The van der Waals surface area contributed by atoms with Crippen LogP contribution in [0, 0.1) is 0 Å². The van der Waals surface area contributed by atoms with E-state index in [1.807, 2.05) is 71.6 Å². The van der Waals surface area contributed by atoms with Crippen LogP contribution in [0.1, 0.15) is 10.4 Å². The summed E-state index contributed by atoms with van der Waals surface area (Å²) in [6.45, 7) is 2.73. The van der Waals surface area contributed by atoms with Gasteiger partial charge in [-0.3, -0.25) is 4.79 Å². The van der Waals surface area contributed by atoms with E-state index in [9.17, 15) is 4.79 Å². The number of carbonyl (C=O) groups is 1. The van der Waals surface area contributed by atoms with Crippen molar-refractivity contribution >= 4 is 27.5 Å². The Kier molecular flexibility index (Phi) is 6.36. The number of anilines is 1. The lowest BCUT2D eigenvalue weighted by molar-refractivity contribution is 0.0747. The van der Waals surface area contributed by atoms with E-state index in [0.717, 1.165) is 34.6 Å². The van der Waals surface area contributed by atoms with Crippen LogP contribution < -0.4 is 9.64 Å². The van der Waals surface area contributed by atoms with E-state index in [1.54, 1.807) is 13.3 Å². The molecule has 3 aromatic carbocycles. The third-order valence-corrected chi connectivity index (χ3v) is 6.54. The van der Waals surface area contributed by atoms with E-state index >= 15 is 0 Å². The van der Waals surface area contributed by atoms with Crippen molar-refractivity contribution in [3.8, 4) is 28.5 Å². The molecule has 1 fully saturated rings. The summed E-state index contributed by atoms with van der Waals surface area (Å²) in [5.41, 5.74) is 3.27. The van der Waals surface area contributed by atoms with Crippen molar-refractivity contribution in [2.45, 2.75) is 0 Å². The van der Waals surface area contributed by atoms with Crippen LogP contribution in [0.15, 0.2) is 87.9 Å². The van der Waals surface area contributed by atoms with Gasteiger partial charge in [-0.05, 0) is 36.4 Å². The molecule has 1 amide bonds. The average molecular weight is 518 g/mol. The van der Waals surface area contributed by atoms with Gasteiger partial charge >= 0.3 is 0 Å². The molecule has 34 heavy (non-hydrogen) atoms. The van der Waals surface area contributed by atoms with Crippen molar-refractivity contribution in [1.82, 2.24) is 9.88 Å². The Labute approximate surface area is 206 Å². The van der Waals surface area contributed by atoms with Gasteiger partial charge in [0.15, 0.2) is 5.76 Å². The molecule has 5 rings (SSSR count). The molecule has 0 aliphatic carbocycles. The van der Waals surface area contributed by atoms with Gasteiger partial charge in [0.1, 0.15) is 5.75 Å². The second-order valence-corrected chi connectivity index (χ2v) is 8.95. The Hall–Kier alpha value is -3.58. The minimum Gasteiger partial charge on any atom is -0.495 e. The van der Waals surface area contributed by atoms with Gasteiger partial charge in [0.2, 0.25) is 5.89 Å². The third-order valence-electron chi connectivity index (χ3n) is 6.02. The minimum atomic E-state index is -0.0151. The van der Waals surface area contributed by atoms with Gasteiger partial charge in [-0.1, -0.05) is 52.3 Å². The predicted molar refractivity (Wildman–Crippen MR) is 136 cm³/mol. The minimum absolute atomic E-state index is 0.0151. The fourth-order valence-electron chi connectivity index (χ4n) is 4.21. The van der Waals surface area contributed by atoms with E-state index in [2.05, 4.69) is 31.9 Å². The van der Waals surface area contributed by atoms with Gasteiger partial charge in [0.25, 0.3) is 5.91 Å². The quantitative estimate of drug-likeness (QED) is 0.337. The number of para-hydroxylation sites is 2. The van der Waals surface area contributed by atoms with Crippen LogP contribution in [0.2, 0.25) is 0 Å². The maximum Gasteiger partial charge on any atom is 0.254 e. The summed E-state index contributed by atoms with van der Waals surface area (Å²) >= 11 is 3.45. The lowest BCUT2D eigenvalue weighted by Crippen LogP contribution is -2.49. The highest BCUT2D eigenvalue weighted by Crippen LogP contribution is 2.31. The van der Waals surface area contributed by atoms with Gasteiger partial charge < -0.3 is 19.0 Å². The Morgan fingerprint density at radius 2 is 1.65 bits per heavy atom. The first-order chi connectivity index (χ1) is 16.6. The standard InChI is InChI=1S/C27H24BrN3O3/c1-33-24-9-5-4-8-23(24)30-14-16-31(17-15-30)27(32)22-7-3-2-6-21(22)26-29-18-25(34-26)19-10-12-20(28)13-11-19/h2-13,18H,14-17H2,1H3. The van der Waals surface area contributed by atoms with Crippen molar-refractivity contribution in [2.24, 2.45) is 0 Å². The van der Waals surface area contributed by atoms with Gasteiger partial charge in [-0.25, -0.2) is 4.98 Å². The van der Waals surface area contributed by atoms with Crippen LogP contribution >= 0.6 is 15.9 Å². The summed E-state index contributed by atoms with van der Waals surface area (Å²) in [5.74, 6) is 1.93. The van der Waals surface area contributed by atoms with E-state index in [4.69, 9.17) is 9.15 Å². The van der Waals surface area contributed by atoms with Crippen molar-refractivity contribution in [3.63, 3.8) is 0 Å². The molecule has 7 heteroatoms. The van der Waals surface area contributed by atoms with Crippen LogP contribution in [0.4, 0.5) is 5.69 Å². The second-order valence-electron chi connectivity index (χ2n) is 8.03. The molecule has 1 aromatic heterocycles. The van der Waals surface area contributed by atoms with Gasteiger partial charge in [0.05, 0.1) is 24.6 Å². The van der Waals surface area contributed by atoms with Crippen molar-refractivity contribution < 1.29 is 13.9 Å². The summed E-state index contributed by atoms with van der Waals surface area (Å²) in [6, 6.07) is 23.3. The van der Waals surface area contributed by atoms with Crippen LogP contribution in [-0.4, -0.2) is 49.1 Å². The Balaban J connectivity index is 1.34. The number of aromatic nitrogens is 1. The number of methoxy groups -OCH3 is 1. The fourth-order valence-corrected chi connectivity index (χ4v) is 4.48. The van der Waals surface area contributed by atoms with Crippen molar-refractivity contribution in [1.29, 1.82) is 0 Å². The molecule has 172 valence electrons. The number of rotatable bonds is 5. The molecule has 6 nitrogen and oxygen atoms in total. The normalized spacial score (nSPS) is 13.7. The summed E-state index contributed by atoms with van der Waals surface area (Å²) in [5, 5.41) is 0. The third kappa shape index (κ3) is 4.43. The Morgan fingerprint density at radius 1 is 0.941 bits per heavy atom. The molecule has 1 aliphatic rings. The number of amides is 1. The number of benzene rings is 3. The van der Waals surface area contributed by atoms with Crippen molar-refractivity contribution in [2.75, 3.05) is 38.2 Å². The lowest BCUT2D eigenvalue weighted by atomic mass is 10.1. The lowest BCUT2D eigenvalue weighted by Gasteiger charge is -2.36. The molecular formula is C27H24BrN3O3. The zero-order valence-corrected chi connectivity index (χ0v) is 20.4. The first-order valence-electron chi connectivity index (χ1n) is 11.1. The average Bonchev–Trinajstić information content (AvgIpc) is 3.39. The van der Waals surface area contributed by atoms with E-state index in [-0.39, 0.29) is 5.91 Å². The van der Waals surface area contributed by atoms with Crippen LogP contribution in [0.5, 0.6) is 5.75 Å². The SMILES string of the molecule is COc1ccccc1N1CCN(C(=O)c2ccccc2-c2ncc(-c3ccc(Br)cc3)o2)CC1. The van der Waals surface area contributed by atoms with Crippen LogP contribution in [-0.2, 0) is 0 Å². The summed E-state index contributed by atoms with van der Waals surface area (Å²) in [4.78, 5) is 22.1. The maximum atomic E-state index is 13.5. The van der Waals surface area contributed by atoms with Crippen LogP contribution in [0.3, 0.4) is 0 Å². The summed E-state index contributed by atoms with van der Waals surface area (Å²) in [7, 11) is 1.68. The van der Waals surface area contributed by atoms with Gasteiger partial charge in [-0.15, -0.1) is 0 Å². The molecular weight excluding hydrogens is 494 g/mol. The molecule has 0 spiro atoms. The largest absolute Gasteiger partial charge is 0.495 e. The number of hydrogen-bond donors (Lipinski definition) is 0. The summed E-state index contributed by atoms with van der Waals surface area (Å²) < 4.78 is 12.6. The molecule has 0 saturated carbocycles. The number of piperazine rings is 1. The first-order valence-corrected chi connectivity index (χ1v) is 11.9. The molecule has 0 atom stereocenters. The van der Waals surface area contributed by atoms with Gasteiger partial charge in [-0.2, -0.15) is 0 Å². The molecule has 1 aliphatic heterocycles. The molecule has 4 aromatic rings. The zero-order valence-electron chi connectivity index (χ0n) is 18.8. The number of hydrogen-bond acceptors (Lipinski definition) is 5. The number of ether oxygens (including phenoxy) is 1. The molecule has 0 bridgehead atoms. The molecule has 0 radical (unpaired) electrons. The van der Waals surface area contributed by atoms with E-state index in [1.165, 1.54) is 0 Å². The molecule has 2 heterocycles. The number of oxazole rings is 1. The smallest absolute Gasteiger partial charge is 0.254 e. The predicted octanol–water partition coefficient (Wildman–Crippen LogP) is 5.74. The molecule has 0 N–H and O–H groups in total. The number of carbonyl (C=O) groups excluding carboxylic acids is 1. The number of halogens is 1. The van der Waals surface area contributed by atoms with E-state index in [0.29, 0.717) is 35.9 Å². The highest BCUT2D eigenvalue weighted by molar-refractivity contribution is 9.10. The highest BCUT2D eigenvalue weighted by atomic mass is 79.9. The van der Waals surface area contributed by atoms with Crippen molar-refractivity contribution in [3.05, 3.63) is 89.0 Å². The van der Waals surface area contributed by atoms with E-state index < -0.39 is 0 Å². The zero-order chi connectivity index (χ0) is 23.5. The Bertz CT molecular complexity index is 1290. The second kappa shape index (κ2) is 9.73. The summed E-state index contributed by atoms with van der Waals surface area (Å²) in [6.07, 6.45) is 1.70. The maximum absolute atomic E-state index is 13.5. The topological polar surface area (TPSA) is 58.8 Å². The van der Waals surface area contributed by atoms with Crippen LogP contribution in [0.25, 0.3) is 22.8 Å². The molecule has 1 saturated heterocycles. The first kappa shape index (κ1) is 22.2. The fraction of sp³-hybridized carbons (Fsp3) is 0.185. The Morgan fingerprint density at radius 3 is 2.41 bits per heavy atom. The monoisotopic (exact) mass is 517 g/mol.